The van der Waals surface area contributed by atoms with Crippen molar-refractivity contribution in [1.82, 2.24) is 24.6 Å². The number of benzene rings is 2. The highest BCUT2D eigenvalue weighted by molar-refractivity contribution is 6.35. The summed E-state index contributed by atoms with van der Waals surface area (Å²) in [6.07, 6.45) is 2.75. The zero-order valence-corrected chi connectivity index (χ0v) is 20.7. The molecule has 7 nitrogen and oxygen atoms in total. The molecule has 2 aliphatic heterocycles. The number of hydrogen-bond acceptors (Lipinski definition) is 5. The van der Waals surface area contributed by atoms with Crippen LogP contribution in [-0.2, 0) is 24.2 Å². The van der Waals surface area contributed by atoms with Gasteiger partial charge in [-0.15, -0.1) is 10.2 Å². The number of amides is 1. The zero-order valence-electron chi connectivity index (χ0n) is 19.2. The maximum Gasteiger partial charge on any atom is 0.238 e. The van der Waals surface area contributed by atoms with Crippen LogP contribution in [0.1, 0.15) is 29.2 Å². The van der Waals surface area contributed by atoms with E-state index in [2.05, 4.69) is 35.9 Å². The maximum atomic E-state index is 12.8. The lowest BCUT2D eigenvalue weighted by Crippen LogP contribution is -2.36. The summed E-state index contributed by atoms with van der Waals surface area (Å²) in [5, 5.41) is 12.9. The molecule has 1 saturated heterocycles. The molecule has 1 N–H and O–H groups in total. The third-order valence-corrected chi connectivity index (χ3v) is 7.31. The number of carbonyl (C=O) groups is 1. The van der Waals surface area contributed by atoms with E-state index in [9.17, 15) is 4.79 Å². The molecule has 0 atom stereocenters. The molecular weight excluding hydrogens is 471 g/mol. The maximum absolute atomic E-state index is 12.8. The summed E-state index contributed by atoms with van der Waals surface area (Å²) in [6, 6.07) is 11.7. The van der Waals surface area contributed by atoms with Crippen LogP contribution in [0, 0.1) is 6.92 Å². The fourth-order valence-corrected chi connectivity index (χ4v) is 5.38. The summed E-state index contributed by atoms with van der Waals surface area (Å²) in [5.41, 5.74) is 4.12. The lowest BCUT2D eigenvalue weighted by atomic mass is 10.0. The second-order valence-corrected chi connectivity index (χ2v) is 9.81. The minimum Gasteiger partial charge on any atom is -0.325 e. The van der Waals surface area contributed by atoms with Gasteiger partial charge in [-0.25, -0.2) is 0 Å². The first-order valence-corrected chi connectivity index (χ1v) is 12.4. The number of aryl methyl sites for hydroxylation is 3. The van der Waals surface area contributed by atoms with Crippen LogP contribution < -0.4 is 5.32 Å². The summed E-state index contributed by atoms with van der Waals surface area (Å²) >= 11 is 12.7. The van der Waals surface area contributed by atoms with Gasteiger partial charge in [-0.1, -0.05) is 29.3 Å². The molecule has 1 fully saturated rings. The summed E-state index contributed by atoms with van der Waals surface area (Å²) < 4.78 is 2.10. The van der Waals surface area contributed by atoms with Crippen molar-refractivity contribution in [3.8, 4) is 5.69 Å². The van der Waals surface area contributed by atoms with E-state index in [1.54, 1.807) is 0 Å². The number of nitrogens with one attached hydrogen (secondary N) is 1. The van der Waals surface area contributed by atoms with Crippen LogP contribution in [0.2, 0.25) is 10.0 Å². The molecule has 1 amide bonds. The number of anilines is 1. The Morgan fingerprint density at radius 1 is 1.00 bits per heavy atom. The van der Waals surface area contributed by atoms with Crippen molar-refractivity contribution in [3.63, 3.8) is 0 Å². The van der Waals surface area contributed by atoms with Crippen molar-refractivity contribution in [2.75, 3.05) is 38.0 Å². The Balaban J connectivity index is 1.17. The predicted octanol–water partition coefficient (Wildman–Crippen LogP) is 4.13. The number of fused-ring (bicyclic) bond motifs is 3. The van der Waals surface area contributed by atoms with Crippen molar-refractivity contribution in [1.29, 1.82) is 0 Å². The molecule has 2 aromatic carbocycles. The molecule has 3 aromatic rings. The van der Waals surface area contributed by atoms with Gasteiger partial charge in [0.05, 0.1) is 12.2 Å². The SMILES string of the molecule is Cc1nnc2n1-c1ccc(NC(=O)CN3CCCN(Cc4c(Cl)cccc4Cl)CC3)cc1CC2. The van der Waals surface area contributed by atoms with Crippen LogP contribution in [0.5, 0.6) is 0 Å². The highest BCUT2D eigenvalue weighted by Crippen LogP contribution is 2.28. The molecule has 1 aromatic heterocycles. The fraction of sp³-hybridized carbons (Fsp3) is 0.400. The van der Waals surface area contributed by atoms with Gasteiger partial charge in [0.25, 0.3) is 0 Å². The Labute approximate surface area is 209 Å². The first kappa shape index (κ1) is 23.3. The van der Waals surface area contributed by atoms with Crippen LogP contribution in [0.3, 0.4) is 0 Å². The summed E-state index contributed by atoms with van der Waals surface area (Å²) in [6.45, 7) is 6.61. The minimum atomic E-state index is 0.0134. The van der Waals surface area contributed by atoms with E-state index in [-0.39, 0.29) is 5.91 Å². The van der Waals surface area contributed by atoms with E-state index in [1.165, 1.54) is 5.56 Å². The standard InChI is InChI=1S/C25H28Cl2N6O/c1-17-29-30-24-9-6-18-14-19(7-8-23(18)33(17)24)28-25(34)16-32-11-3-10-31(12-13-32)15-20-21(26)4-2-5-22(20)27/h2,4-5,7-8,14H,3,6,9-13,15-16H2,1H3,(H,28,34). The van der Waals surface area contributed by atoms with Gasteiger partial charge < -0.3 is 5.32 Å². The van der Waals surface area contributed by atoms with Gasteiger partial charge in [0, 0.05) is 47.4 Å². The molecule has 9 heteroatoms. The van der Waals surface area contributed by atoms with E-state index in [0.717, 1.165) is 80.6 Å². The fourth-order valence-electron chi connectivity index (χ4n) is 4.86. The van der Waals surface area contributed by atoms with E-state index in [0.29, 0.717) is 16.6 Å². The van der Waals surface area contributed by atoms with Gasteiger partial charge in [0.1, 0.15) is 11.6 Å². The van der Waals surface area contributed by atoms with E-state index in [4.69, 9.17) is 23.2 Å². The molecule has 2 aliphatic rings. The lowest BCUT2D eigenvalue weighted by Gasteiger charge is -2.23. The Hall–Kier alpha value is -2.45. The number of carbonyl (C=O) groups excluding carboxylic acids is 1. The predicted molar refractivity (Wildman–Crippen MR) is 135 cm³/mol. The van der Waals surface area contributed by atoms with Gasteiger partial charge in [-0.3, -0.25) is 19.2 Å². The van der Waals surface area contributed by atoms with Gasteiger partial charge in [-0.2, -0.15) is 0 Å². The molecular formula is C25H28Cl2N6O. The molecule has 0 bridgehead atoms. The molecule has 3 heterocycles. The number of aromatic nitrogens is 3. The third kappa shape index (κ3) is 4.98. The second-order valence-electron chi connectivity index (χ2n) is 9.00. The number of nitrogens with zero attached hydrogens (tertiary/aromatic N) is 5. The Kier molecular flexibility index (Phi) is 6.88. The van der Waals surface area contributed by atoms with Gasteiger partial charge >= 0.3 is 0 Å². The largest absolute Gasteiger partial charge is 0.325 e. The Morgan fingerprint density at radius 2 is 1.76 bits per heavy atom. The van der Waals surface area contributed by atoms with Crippen molar-refractivity contribution >= 4 is 34.8 Å². The lowest BCUT2D eigenvalue weighted by molar-refractivity contribution is -0.117. The van der Waals surface area contributed by atoms with Crippen LogP contribution in [-0.4, -0.2) is 63.2 Å². The van der Waals surface area contributed by atoms with Crippen LogP contribution in [0.15, 0.2) is 36.4 Å². The second kappa shape index (κ2) is 10.0. The van der Waals surface area contributed by atoms with E-state index < -0.39 is 0 Å². The molecule has 178 valence electrons. The van der Waals surface area contributed by atoms with Crippen molar-refractivity contribution in [3.05, 3.63) is 69.2 Å². The average Bonchev–Trinajstić information content (AvgIpc) is 3.06. The Bertz CT molecular complexity index is 1190. The summed E-state index contributed by atoms with van der Waals surface area (Å²) in [4.78, 5) is 17.4. The minimum absolute atomic E-state index is 0.0134. The number of halogens is 2. The quantitative estimate of drug-likeness (QED) is 0.572. The van der Waals surface area contributed by atoms with E-state index in [1.807, 2.05) is 37.3 Å². The van der Waals surface area contributed by atoms with Crippen molar-refractivity contribution < 1.29 is 4.79 Å². The van der Waals surface area contributed by atoms with Crippen molar-refractivity contribution in [2.24, 2.45) is 0 Å². The smallest absolute Gasteiger partial charge is 0.238 e. The van der Waals surface area contributed by atoms with Crippen molar-refractivity contribution in [2.45, 2.75) is 32.7 Å². The Morgan fingerprint density at radius 3 is 2.59 bits per heavy atom. The molecule has 0 spiro atoms. The van der Waals surface area contributed by atoms with Gasteiger partial charge in [-0.05, 0) is 68.8 Å². The average molecular weight is 499 g/mol. The topological polar surface area (TPSA) is 66.3 Å². The van der Waals surface area contributed by atoms with Crippen LogP contribution in [0.4, 0.5) is 5.69 Å². The number of rotatable bonds is 5. The molecule has 0 aliphatic carbocycles. The molecule has 0 unspecified atom stereocenters. The molecule has 34 heavy (non-hydrogen) atoms. The molecule has 0 saturated carbocycles. The monoisotopic (exact) mass is 498 g/mol. The van der Waals surface area contributed by atoms with E-state index >= 15 is 0 Å². The van der Waals surface area contributed by atoms with Crippen LogP contribution >= 0.6 is 23.2 Å². The van der Waals surface area contributed by atoms with Crippen LogP contribution in [0.25, 0.3) is 5.69 Å². The highest BCUT2D eigenvalue weighted by Gasteiger charge is 2.21. The summed E-state index contributed by atoms with van der Waals surface area (Å²) in [5.74, 6) is 1.90. The number of hydrogen-bond donors (Lipinski definition) is 1. The van der Waals surface area contributed by atoms with Gasteiger partial charge in [0.15, 0.2) is 0 Å². The normalized spacial score (nSPS) is 16.6. The first-order valence-electron chi connectivity index (χ1n) is 11.7. The molecule has 5 rings (SSSR count). The first-order chi connectivity index (χ1) is 16.5. The highest BCUT2D eigenvalue weighted by atomic mass is 35.5. The molecule has 0 radical (unpaired) electrons. The van der Waals surface area contributed by atoms with Gasteiger partial charge in [0.2, 0.25) is 5.91 Å². The third-order valence-electron chi connectivity index (χ3n) is 6.61. The zero-order chi connectivity index (χ0) is 23.7. The summed E-state index contributed by atoms with van der Waals surface area (Å²) in [7, 11) is 0.